The molecule has 0 atom stereocenters. The van der Waals surface area contributed by atoms with Crippen LogP contribution in [0.5, 0.6) is 17.2 Å². The number of likely N-dealkylation sites (N-methyl/N-ethyl adjacent to an activating group) is 1. The number of nitrogens with one attached hydrogen (secondary N) is 1. The number of carbonyl (C=O) groups excluding carboxylic acids is 1. The van der Waals surface area contributed by atoms with E-state index in [1.165, 1.54) is 38.2 Å². The number of thiol groups is 1. The number of hydrogen-bond acceptors (Lipinski definition) is 6. The zero-order chi connectivity index (χ0) is 26.9. The standard InChI is InChI=1S/C26H27FN2O4.C3H6S/c1-15-6-7-16(27)12-22(15)33-14-20-18(19-9-8-17(30)13-23(19)32-5)10-11-21-24(20)29(4)25(31)26(2,3)28-21;4-3-1-2-3/h6-13,28,30H,14H2,1-5H3;3-4H,1-2H2. The number of fused-ring (bicyclic) bond motifs is 1. The van der Waals surface area contributed by atoms with Gasteiger partial charge < -0.3 is 24.8 Å². The maximum atomic E-state index is 13.8. The second-order valence-corrected chi connectivity index (χ2v) is 10.6. The highest BCUT2D eigenvalue weighted by Crippen LogP contribution is 2.45. The average molecular weight is 525 g/mol. The SMILES string of the molecule is COc1cc(O)ccc1-c1ccc2c(c1COc1cc(F)ccc1C)N(C)C(=O)C(C)(C)N2.SC1CC1. The number of anilines is 2. The number of aromatic hydroxyl groups is 1. The summed E-state index contributed by atoms with van der Waals surface area (Å²) in [5.74, 6) is 0.512. The van der Waals surface area contributed by atoms with Gasteiger partial charge in [0.1, 0.15) is 35.2 Å². The van der Waals surface area contributed by atoms with Crippen molar-refractivity contribution < 1.29 is 23.8 Å². The van der Waals surface area contributed by atoms with Gasteiger partial charge in [-0.3, -0.25) is 4.79 Å². The van der Waals surface area contributed by atoms with Crippen LogP contribution in [0.15, 0.2) is 48.5 Å². The quantitative estimate of drug-likeness (QED) is 0.340. The minimum absolute atomic E-state index is 0.0810. The van der Waals surface area contributed by atoms with Gasteiger partial charge in [0.2, 0.25) is 0 Å². The Morgan fingerprint density at radius 2 is 1.78 bits per heavy atom. The van der Waals surface area contributed by atoms with Crippen LogP contribution in [0.1, 0.15) is 37.8 Å². The minimum Gasteiger partial charge on any atom is -0.508 e. The molecular weight excluding hydrogens is 491 g/mol. The van der Waals surface area contributed by atoms with E-state index in [0.29, 0.717) is 17.2 Å². The van der Waals surface area contributed by atoms with E-state index in [9.17, 15) is 14.3 Å². The van der Waals surface area contributed by atoms with Crippen molar-refractivity contribution in [3.63, 3.8) is 0 Å². The van der Waals surface area contributed by atoms with E-state index in [4.69, 9.17) is 9.47 Å². The number of rotatable bonds is 5. The molecule has 6 nitrogen and oxygen atoms in total. The van der Waals surface area contributed by atoms with Crippen LogP contribution in [0.2, 0.25) is 0 Å². The second-order valence-electron chi connectivity index (χ2n) is 9.92. The van der Waals surface area contributed by atoms with Crippen LogP contribution >= 0.6 is 12.6 Å². The smallest absolute Gasteiger partial charge is 0.251 e. The van der Waals surface area contributed by atoms with E-state index >= 15 is 0 Å². The van der Waals surface area contributed by atoms with Crippen molar-refractivity contribution in [1.29, 1.82) is 0 Å². The number of aryl methyl sites for hydroxylation is 1. The van der Waals surface area contributed by atoms with Crippen LogP contribution in [-0.2, 0) is 11.4 Å². The monoisotopic (exact) mass is 524 g/mol. The third kappa shape index (κ3) is 5.80. The van der Waals surface area contributed by atoms with Gasteiger partial charge >= 0.3 is 0 Å². The highest BCUT2D eigenvalue weighted by atomic mass is 32.1. The third-order valence-corrected chi connectivity index (χ3v) is 6.97. The van der Waals surface area contributed by atoms with Gasteiger partial charge in [0.05, 0.1) is 18.5 Å². The van der Waals surface area contributed by atoms with Crippen LogP contribution < -0.4 is 19.7 Å². The van der Waals surface area contributed by atoms with Gasteiger partial charge in [-0.2, -0.15) is 12.6 Å². The normalized spacial score (nSPS) is 15.8. The highest BCUT2D eigenvalue weighted by molar-refractivity contribution is 7.81. The molecule has 2 N–H and O–H groups in total. The van der Waals surface area contributed by atoms with Crippen molar-refractivity contribution in [2.75, 3.05) is 24.4 Å². The Balaban J connectivity index is 0.000000730. The number of benzene rings is 3. The number of ether oxygens (including phenoxy) is 2. The van der Waals surface area contributed by atoms with Gasteiger partial charge in [0, 0.05) is 35.6 Å². The lowest BCUT2D eigenvalue weighted by atomic mass is 9.91. The first-order valence-electron chi connectivity index (χ1n) is 12.2. The summed E-state index contributed by atoms with van der Waals surface area (Å²) in [7, 11) is 3.27. The van der Waals surface area contributed by atoms with E-state index in [1.807, 2.05) is 32.9 Å². The molecular formula is C29H33FN2O4S. The van der Waals surface area contributed by atoms with Crippen molar-refractivity contribution in [3.05, 3.63) is 65.5 Å². The van der Waals surface area contributed by atoms with Crippen LogP contribution in [0.4, 0.5) is 15.8 Å². The lowest BCUT2D eigenvalue weighted by Gasteiger charge is -2.39. The highest BCUT2D eigenvalue weighted by Gasteiger charge is 2.38. The molecule has 0 aromatic heterocycles. The van der Waals surface area contributed by atoms with E-state index < -0.39 is 5.54 Å². The molecule has 1 saturated carbocycles. The summed E-state index contributed by atoms with van der Waals surface area (Å²) in [4.78, 5) is 14.7. The molecule has 0 unspecified atom stereocenters. The number of phenolic OH excluding ortho intramolecular Hbond substituents is 1. The second kappa shape index (κ2) is 10.5. The van der Waals surface area contributed by atoms with Crippen LogP contribution in [-0.4, -0.2) is 36.0 Å². The Labute approximate surface area is 222 Å². The van der Waals surface area contributed by atoms with Crippen molar-refractivity contribution in [3.8, 4) is 28.4 Å². The molecule has 1 amide bonds. The Morgan fingerprint density at radius 3 is 2.43 bits per heavy atom. The summed E-state index contributed by atoms with van der Waals surface area (Å²) in [6.07, 6.45) is 2.70. The van der Waals surface area contributed by atoms with Crippen molar-refractivity contribution in [1.82, 2.24) is 0 Å². The van der Waals surface area contributed by atoms with Crippen LogP contribution in [0.3, 0.4) is 0 Å². The molecule has 0 bridgehead atoms. The fourth-order valence-electron chi connectivity index (χ4n) is 4.29. The predicted octanol–water partition coefficient (Wildman–Crippen LogP) is 6.34. The Morgan fingerprint density at radius 1 is 1.11 bits per heavy atom. The molecule has 37 heavy (non-hydrogen) atoms. The van der Waals surface area contributed by atoms with Crippen LogP contribution in [0.25, 0.3) is 11.1 Å². The summed E-state index contributed by atoms with van der Waals surface area (Å²) in [6.45, 7) is 5.60. The molecule has 1 aliphatic carbocycles. The van der Waals surface area contributed by atoms with E-state index in [-0.39, 0.29) is 24.1 Å². The molecule has 2 aliphatic rings. The summed E-state index contributed by atoms with van der Waals surface area (Å²) >= 11 is 4.08. The third-order valence-electron chi connectivity index (χ3n) is 6.45. The Hall–Kier alpha value is -3.39. The van der Waals surface area contributed by atoms with E-state index in [2.05, 4.69) is 17.9 Å². The minimum atomic E-state index is -0.767. The van der Waals surface area contributed by atoms with Crippen molar-refractivity contribution in [2.24, 2.45) is 0 Å². The molecule has 8 heteroatoms. The van der Waals surface area contributed by atoms with Gasteiger partial charge in [-0.15, -0.1) is 0 Å². The fraction of sp³-hybridized carbons (Fsp3) is 0.345. The predicted molar refractivity (Wildman–Crippen MR) is 149 cm³/mol. The molecule has 0 radical (unpaired) electrons. The summed E-state index contributed by atoms with van der Waals surface area (Å²) in [5.41, 5.74) is 3.75. The first kappa shape index (κ1) is 26.7. The number of methoxy groups -OCH3 is 1. The summed E-state index contributed by atoms with van der Waals surface area (Å²) < 4.78 is 25.4. The lowest BCUT2D eigenvalue weighted by molar-refractivity contribution is -0.121. The Bertz CT molecular complexity index is 1320. The van der Waals surface area contributed by atoms with Gasteiger partial charge in [-0.25, -0.2) is 4.39 Å². The van der Waals surface area contributed by atoms with Gasteiger partial charge in [0.15, 0.2) is 0 Å². The van der Waals surface area contributed by atoms with Gasteiger partial charge in [-0.1, -0.05) is 12.1 Å². The average Bonchev–Trinajstić information content (AvgIpc) is 3.65. The molecule has 196 valence electrons. The molecule has 1 heterocycles. The van der Waals surface area contributed by atoms with Crippen molar-refractivity contribution >= 4 is 29.9 Å². The molecule has 5 rings (SSSR count). The van der Waals surface area contributed by atoms with Crippen LogP contribution in [0, 0.1) is 12.7 Å². The number of phenols is 1. The summed E-state index contributed by atoms with van der Waals surface area (Å²) in [5, 5.41) is 14.0. The fourth-order valence-corrected chi connectivity index (χ4v) is 4.44. The number of hydrogen-bond donors (Lipinski definition) is 3. The summed E-state index contributed by atoms with van der Waals surface area (Å²) in [6, 6.07) is 13.1. The maximum Gasteiger partial charge on any atom is 0.251 e. The number of nitrogens with zero attached hydrogens (tertiary/aromatic N) is 1. The zero-order valence-electron chi connectivity index (χ0n) is 21.8. The number of amides is 1. The van der Waals surface area contributed by atoms with Gasteiger partial charge in [-0.05, 0) is 69.0 Å². The number of halogens is 1. The molecule has 0 spiro atoms. The largest absolute Gasteiger partial charge is 0.508 e. The molecule has 3 aromatic carbocycles. The van der Waals surface area contributed by atoms with E-state index in [0.717, 1.165) is 33.2 Å². The topological polar surface area (TPSA) is 71.0 Å². The first-order valence-corrected chi connectivity index (χ1v) is 12.7. The molecule has 3 aromatic rings. The van der Waals surface area contributed by atoms with Crippen molar-refractivity contribution in [2.45, 2.75) is 51.0 Å². The molecule has 1 fully saturated rings. The Kier molecular flexibility index (Phi) is 7.59. The number of carbonyl (C=O) groups is 1. The molecule has 0 saturated heterocycles. The maximum absolute atomic E-state index is 13.8. The zero-order valence-corrected chi connectivity index (χ0v) is 22.7. The first-order chi connectivity index (χ1) is 17.5. The lowest BCUT2D eigenvalue weighted by Crippen LogP contribution is -2.52. The van der Waals surface area contributed by atoms with Gasteiger partial charge in [0.25, 0.3) is 5.91 Å². The molecule has 1 aliphatic heterocycles. The van der Waals surface area contributed by atoms with E-state index in [1.54, 1.807) is 30.1 Å².